The molecule has 1 aliphatic heterocycles. The number of halogens is 2. The molecule has 0 saturated carbocycles. The minimum absolute atomic E-state index is 0.0250. The van der Waals surface area contributed by atoms with Gasteiger partial charge in [0, 0.05) is 24.5 Å². The number of anilines is 1. The summed E-state index contributed by atoms with van der Waals surface area (Å²) < 4.78 is 41.4. The third-order valence-corrected chi connectivity index (χ3v) is 5.96. The summed E-state index contributed by atoms with van der Waals surface area (Å²) in [6.07, 6.45) is 1.11. The molecule has 1 amide bonds. The van der Waals surface area contributed by atoms with Gasteiger partial charge in [0.25, 0.3) is 0 Å². The van der Waals surface area contributed by atoms with Crippen LogP contribution in [0.5, 0.6) is 11.5 Å². The number of alkyl halides is 2. The van der Waals surface area contributed by atoms with Crippen molar-refractivity contribution in [3.05, 3.63) is 78.4 Å². The maximum absolute atomic E-state index is 13.5. The van der Waals surface area contributed by atoms with Crippen molar-refractivity contribution in [1.29, 1.82) is 0 Å². The zero-order valence-electron chi connectivity index (χ0n) is 18.2. The maximum Gasteiger partial charge on any atom is 0.387 e. The molecular weight excluding hydrogens is 428 g/mol. The average Bonchev–Trinajstić information content (AvgIpc) is 2.85. The van der Waals surface area contributed by atoms with Gasteiger partial charge in [-0.2, -0.15) is 8.78 Å². The smallest absolute Gasteiger partial charge is 0.387 e. The molecule has 3 aromatic rings. The van der Waals surface area contributed by atoms with Gasteiger partial charge in [-0.3, -0.25) is 4.79 Å². The Hall–Kier alpha value is -3.45. The highest BCUT2D eigenvalue weighted by Gasteiger charge is 2.41. The number of amides is 1. The fraction of sp³-hybridized carbons (Fsp3) is 0.269. The van der Waals surface area contributed by atoms with Gasteiger partial charge in [0.15, 0.2) is 0 Å². The molecule has 0 radical (unpaired) electrons. The van der Waals surface area contributed by atoms with Crippen molar-refractivity contribution in [3.8, 4) is 22.6 Å². The second-order valence-electron chi connectivity index (χ2n) is 7.83. The first-order chi connectivity index (χ1) is 16.0. The van der Waals surface area contributed by atoms with Crippen LogP contribution in [0.2, 0.25) is 0 Å². The molecule has 0 atom stereocenters. The topological polar surface area (TPSA) is 56.8 Å². The van der Waals surface area contributed by atoms with Gasteiger partial charge >= 0.3 is 6.61 Å². The summed E-state index contributed by atoms with van der Waals surface area (Å²) >= 11 is 0. The van der Waals surface area contributed by atoms with Crippen LogP contribution in [0.4, 0.5) is 14.5 Å². The quantitative estimate of drug-likeness (QED) is 0.502. The highest BCUT2D eigenvalue weighted by atomic mass is 19.3. The number of ether oxygens (including phenoxy) is 3. The first-order valence-electron chi connectivity index (χ1n) is 10.7. The van der Waals surface area contributed by atoms with E-state index in [0.29, 0.717) is 48.6 Å². The fourth-order valence-corrected chi connectivity index (χ4v) is 4.18. The van der Waals surface area contributed by atoms with Gasteiger partial charge < -0.3 is 19.5 Å². The third kappa shape index (κ3) is 4.98. The van der Waals surface area contributed by atoms with E-state index in [2.05, 4.69) is 5.32 Å². The number of hydrogen-bond acceptors (Lipinski definition) is 4. The Morgan fingerprint density at radius 1 is 1.00 bits per heavy atom. The average molecular weight is 453 g/mol. The van der Waals surface area contributed by atoms with E-state index in [1.54, 1.807) is 43.5 Å². The van der Waals surface area contributed by atoms with Gasteiger partial charge in [-0.1, -0.05) is 42.5 Å². The lowest BCUT2D eigenvalue weighted by molar-refractivity contribution is -0.125. The molecule has 0 aliphatic carbocycles. The molecule has 33 heavy (non-hydrogen) atoms. The maximum atomic E-state index is 13.5. The van der Waals surface area contributed by atoms with Crippen molar-refractivity contribution in [3.63, 3.8) is 0 Å². The number of carbonyl (C=O) groups is 1. The highest BCUT2D eigenvalue weighted by Crippen LogP contribution is 2.38. The molecule has 0 aromatic heterocycles. The van der Waals surface area contributed by atoms with Crippen molar-refractivity contribution < 1.29 is 27.8 Å². The number of methoxy groups -OCH3 is 1. The van der Waals surface area contributed by atoms with Gasteiger partial charge in [-0.15, -0.1) is 0 Å². The van der Waals surface area contributed by atoms with E-state index in [0.717, 1.165) is 5.56 Å². The number of carbonyl (C=O) groups excluding carboxylic acids is 1. The van der Waals surface area contributed by atoms with Gasteiger partial charge in [-0.05, 0) is 54.3 Å². The molecule has 0 unspecified atom stereocenters. The van der Waals surface area contributed by atoms with Gasteiger partial charge in [0.1, 0.15) is 11.5 Å². The summed E-state index contributed by atoms with van der Waals surface area (Å²) in [5, 5.41) is 3.00. The van der Waals surface area contributed by atoms with Crippen molar-refractivity contribution in [2.24, 2.45) is 0 Å². The number of nitrogens with one attached hydrogen (secondary N) is 1. The van der Waals surface area contributed by atoms with Crippen LogP contribution in [0.25, 0.3) is 11.1 Å². The van der Waals surface area contributed by atoms with E-state index < -0.39 is 12.0 Å². The van der Waals surface area contributed by atoms with Crippen LogP contribution in [0.3, 0.4) is 0 Å². The molecule has 1 heterocycles. The SMILES string of the molecule is COc1ccc(-c2cc(NC(=O)C3(c4ccccc4)CCOCC3)ccc2OC(F)F)cc1. The van der Waals surface area contributed by atoms with Crippen LogP contribution >= 0.6 is 0 Å². The Balaban J connectivity index is 1.67. The van der Waals surface area contributed by atoms with Crippen LogP contribution in [-0.4, -0.2) is 32.8 Å². The minimum atomic E-state index is -2.97. The number of benzene rings is 3. The Morgan fingerprint density at radius 2 is 1.70 bits per heavy atom. The van der Waals surface area contributed by atoms with Gasteiger partial charge in [-0.25, -0.2) is 0 Å². The lowest BCUT2D eigenvalue weighted by Gasteiger charge is -2.36. The fourth-order valence-electron chi connectivity index (χ4n) is 4.18. The Kier molecular flexibility index (Phi) is 6.89. The van der Waals surface area contributed by atoms with E-state index in [9.17, 15) is 13.6 Å². The predicted molar refractivity (Wildman–Crippen MR) is 122 cm³/mol. The minimum Gasteiger partial charge on any atom is -0.497 e. The van der Waals surface area contributed by atoms with Gasteiger partial charge in [0.2, 0.25) is 5.91 Å². The van der Waals surface area contributed by atoms with E-state index in [1.807, 2.05) is 30.3 Å². The molecule has 172 valence electrons. The normalized spacial score (nSPS) is 15.2. The summed E-state index contributed by atoms with van der Waals surface area (Å²) in [6.45, 7) is -1.99. The van der Waals surface area contributed by atoms with Crippen molar-refractivity contribution in [1.82, 2.24) is 0 Å². The van der Waals surface area contributed by atoms with E-state index in [4.69, 9.17) is 14.2 Å². The number of hydrogen-bond donors (Lipinski definition) is 1. The molecule has 4 rings (SSSR count). The van der Waals surface area contributed by atoms with Crippen LogP contribution in [0, 0.1) is 0 Å². The third-order valence-electron chi connectivity index (χ3n) is 5.96. The molecule has 5 nitrogen and oxygen atoms in total. The monoisotopic (exact) mass is 453 g/mol. The molecule has 0 spiro atoms. The van der Waals surface area contributed by atoms with E-state index in [1.165, 1.54) is 6.07 Å². The molecule has 3 aromatic carbocycles. The first-order valence-corrected chi connectivity index (χ1v) is 10.7. The summed E-state index contributed by atoms with van der Waals surface area (Å²) in [6, 6.07) is 21.3. The largest absolute Gasteiger partial charge is 0.497 e. The summed E-state index contributed by atoms with van der Waals surface area (Å²) in [5.41, 5.74) is 1.80. The first kappa shape index (κ1) is 22.7. The summed E-state index contributed by atoms with van der Waals surface area (Å²) in [7, 11) is 1.55. The molecule has 1 aliphatic rings. The van der Waals surface area contributed by atoms with Crippen LogP contribution in [0.1, 0.15) is 18.4 Å². The summed E-state index contributed by atoms with van der Waals surface area (Å²) in [4.78, 5) is 13.5. The van der Waals surface area contributed by atoms with Crippen LogP contribution in [0.15, 0.2) is 72.8 Å². The van der Waals surface area contributed by atoms with Crippen molar-refractivity contribution >= 4 is 11.6 Å². The highest BCUT2D eigenvalue weighted by molar-refractivity contribution is 6.00. The molecule has 1 N–H and O–H groups in total. The van der Waals surface area contributed by atoms with E-state index in [-0.39, 0.29) is 11.7 Å². The van der Waals surface area contributed by atoms with Crippen LogP contribution < -0.4 is 14.8 Å². The molecular formula is C26H25F2NO4. The summed E-state index contributed by atoms with van der Waals surface area (Å²) in [5.74, 6) is 0.515. The standard InChI is InChI=1S/C26H25F2NO4/c1-31-21-10-7-18(8-11-21)22-17-20(9-12-23(22)33-25(27)28)29-24(30)26(13-15-32-16-14-26)19-5-3-2-4-6-19/h2-12,17,25H,13-16H2,1H3,(H,29,30). The molecule has 0 bridgehead atoms. The lowest BCUT2D eigenvalue weighted by Crippen LogP contribution is -2.44. The predicted octanol–water partition coefficient (Wildman–Crippen LogP) is 5.65. The Morgan fingerprint density at radius 3 is 2.33 bits per heavy atom. The lowest BCUT2D eigenvalue weighted by atomic mass is 9.73. The molecule has 1 saturated heterocycles. The Bertz CT molecular complexity index is 1080. The van der Waals surface area contributed by atoms with Crippen LogP contribution in [-0.2, 0) is 14.9 Å². The van der Waals surface area contributed by atoms with Gasteiger partial charge in [0.05, 0.1) is 12.5 Å². The molecule has 1 fully saturated rings. The zero-order valence-corrected chi connectivity index (χ0v) is 18.2. The van der Waals surface area contributed by atoms with Crippen molar-refractivity contribution in [2.75, 3.05) is 25.6 Å². The second-order valence-corrected chi connectivity index (χ2v) is 7.83. The second kappa shape index (κ2) is 10.0. The zero-order chi connectivity index (χ0) is 23.3. The number of rotatable bonds is 7. The van der Waals surface area contributed by atoms with E-state index >= 15 is 0 Å². The Labute approximate surface area is 191 Å². The van der Waals surface area contributed by atoms with Crippen molar-refractivity contribution in [2.45, 2.75) is 24.9 Å². The molecule has 7 heteroatoms.